The van der Waals surface area contributed by atoms with E-state index >= 15 is 0 Å². The fourth-order valence-corrected chi connectivity index (χ4v) is 3.00. The van der Waals surface area contributed by atoms with Gasteiger partial charge in [-0.05, 0) is 56.3 Å². The van der Waals surface area contributed by atoms with Gasteiger partial charge in [0.25, 0.3) is 0 Å². The fraction of sp³-hybridized carbons (Fsp3) is 0.182. The number of Topliss-reactive ketones (excluding diaryl/α,β-unsaturated/α-hetero) is 1. The number of benzene rings is 2. The Morgan fingerprint density at radius 1 is 0.966 bits per heavy atom. The van der Waals surface area contributed by atoms with Crippen molar-refractivity contribution in [3.05, 3.63) is 83.2 Å². The molecule has 1 aromatic heterocycles. The average Bonchev–Trinajstić information content (AvgIpc) is 3.00. The van der Waals surface area contributed by atoms with E-state index in [4.69, 9.17) is 9.47 Å². The third kappa shape index (κ3) is 4.68. The van der Waals surface area contributed by atoms with Crippen LogP contribution in [0.2, 0.25) is 0 Å². The molecule has 150 valence electrons. The van der Waals surface area contributed by atoms with Crippen LogP contribution in [0.5, 0.6) is 5.75 Å². The van der Waals surface area contributed by atoms with E-state index in [-0.39, 0.29) is 17.3 Å². The summed E-state index contributed by atoms with van der Waals surface area (Å²) < 4.78 is 38.5. The number of para-hydroxylation sites is 1. The first-order valence-corrected chi connectivity index (χ1v) is 8.88. The molecule has 0 amide bonds. The Bertz CT molecular complexity index is 1040. The van der Waals surface area contributed by atoms with Crippen LogP contribution in [0.1, 0.15) is 21.7 Å². The van der Waals surface area contributed by atoms with Crippen molar-refractivity contribution in [3.63, 3.8) is 0 Å². The highest BCUT2D eigenvalue weighted by Crippen LogP contribution is 2.22. The highest BCUT2D eigenvalue weighted by atomic mass is 19.1. The van der Waals surface area contributed by atoms with Crippen molar-refractivity contribution in [2.24, 2.45) is 0 Å². The molecule has 3 aromatic rings. The summed E-state index contributed by atoms with van der Waals surface area (Å²) in [4.78, 5) is 24.3. The Kier molecular flexibility index (Phi) is 6.07. The first-order valence-electron chi connectivity index (χ1n) is 8.88. The zero-order valence-electron chi connectivity index (χ0n) is 15.9. The maximum atomic E-state index is 13.5. The summed E-state index contributed by atoms with van der Waals surface area (Å²) >= 11 is 0. The van der Waals surface area contributed by atoms with Crippen LogP contribution in [0.3, 0.4) is 0 Å². The van der Waals surface area contributed by atoms with Gasteiger partial charge >= 0.3 is 5.97 Å². The number of esters is 1. The van der Waals surface area contributed by atoms with Crippen molar-refractivity contribution in [2.45, 2.75) is 13.8 Å². The lowest BCUT2D eigenvalue weighted by Crippen LogP contribution is -2.20. The van der Waals surface area contributed by atoms with Crippen LogP contribution in [-0.2, 0) is 9.53 Å². The quantitative estimate of drug-likeness (QED) is 0.442. The number of aromatic nitrogens is 1. The van der Waals surface area contributed by atoms with Crippen molar-refractivity contribution in [1.82, 2.24) is 4.57 Å². The number of hydrogen-bond acceptors (Lipinski definition) is 4. The predicted octanol–water partition coefficient (Wildman–Crippen LogP) is 4.18. The molecule has 0 aliphatic rings. The van der Waals surface area contributed by atoms with Gasteiger partial charge in [0.2, 0.25) is 5.78 Å². The number of halogens is 2. The van der Waals surface area contributed by atoms with Crippen molar-refractivity contribution >= 4 is 11.8 Å². The Morgan fingerprint density at radius 3 is 2.34 bits per heavy atom. The van der Waals surface area contributed by atoms with E-state index in [9.17, 15) is 18.4 Å². The summed E-state index contributed by atoms with van der Waals surface area (Å²) in [5.74, 6) is -2.18. The van der Waals surface area contributed by atoms with E-state index in [2.05, 4.69) is 0 Å². The molecule has 0 atom stereocenters. The van der Waals surface area contributed by atoms with Crippen molar-refractivity contribution in [3.8, 4) is 11.4 Å². The van der Waals surface area contributed by atoms with Gasteiger partial charge in [-0.25, -0.2) is 13.6 Å². The third-order valence-electron chi connectivity index (χ3n) is 4.36. The summed E-state index contributed by atoms with van der Waals surface area (Å²) in [6.45, 7) is 2.60. The van der Waals surface area contributed by atoms with Gasteiger partial charge in [0, 0.05) is 22.6 Å². The Hall–Kier alpha value is -3.48. The minimum Gasteiger partial charge on any atom is -0.479 e. The third-order valence-corrected chi connectivity index (χ3v) is 4.36. The van der Waals surface area contributed by atoms with Crippen molar-refractivity contribution in [1.29, 1.82) is 0 Å². The van der Waals surface area contributed by atoms with Crippen LogP contribution in [0, 0.1) is 25.5 Å². The smallest absolute Gasteiger partial charge is 0.344 e. The van der Waals surface area contributed by atoms with Gasteiger partial charge in [-0.3, -0.25) is 4.79 Å². The van der Waals surface area contributed by atoms with E-state index in [0.717, 1.165) is 11.4 Å². The van der Waals surface area contributed by atoms with Gasteiger partial charge in [-0.2, -0.15) is 0 Å². The lowest BCUT2D eigenvalue weighted by atomic mass is 10.1. The molecule has 5 nitrogen and oxygen atoms in total. The lowest BCUT2D eigenvalue weighted by molar-refractivity contribution is -0.144. The van der Waals surface area contributed by atoms with Crippen LogP contribution < -0.4 is 4.74 Å². The zero-order valence-corrected chi connectivity index (χ0v) is 15.9. The molecule has 7 heteroatoms. The second-order valence-corrected chi connectivity index (χ2v) is 6.40. The number of carbonyl (C=O) groups excluding carboxylic acids is 2. The molecular weight excluding hydrogens is 380 g/mol. The van der Waals surface area contributed by atoms with Gasteiger partial charge in [0.1, 0.15) is 5.82 Å². The Morgan fingerprint density at radius 2 is 1.66 bits per heavy atom. The molecule has 2 aromatic carbocycles. The molecule has 0 aliphatic heterocycles. The van der Waals surface area contributed by atoms with Gasteiger partial charge in [0.05, 0.1) is 0 Å². The number of ketones is 1. The largest absolute Gasteiger partial charge is 0.479 e. The first kappa shape index (κ1) is 20.3. The van der Waals surface area contributed by atoms with Gasteiger partial charge < -0.3 is 14.0 Å². The van der Waals surface area contributed by atoms with Crippen molar-refractivity contribution < 1.29 is 27.8 Å². The van der Waals surface area contributed by atoms with E-state index < -0.39 is 25.0 Å². The molecule has 0 saturated heterocycles. The number of nitrogens with zero attached hydrogens (tertiary/aromatic N) is 1. The first-order chi connectivity index (χ1) is 13.9. The zero-order chi connectivity index (χ0) is 21.0. The van der Waals surface area contributed by atoms with Gasteiger partial charge in [0.15, 0.2) is 24.8 Å². The monoisotopic (exact) mass is 399 g/mol. The minimum absolute atomic E-state index is 0.0707. The molecule has 0 fully saturated rings. The normalized spacial score (nSPS) is 10.6. The summed E-state index contributed by atoms with van der Waals surface area (Å²) in [5.41, 5.74) is 2.55. The van der Waals surface area contributed by atoms with E-state index in [1.165, 1.54) is 30.3 Å². The van der Waals surface area contributed by atoms with Crippen LogP contribution in [0.4, 0.5) is 8.78 Å². The molecule has 0 radical (unpaired) electrons. The van der Waals surface area contributed by atoms with E-state index in [0.29, 0.717) is 11.3 Å². The molecule has 0 saturated carbocycles. The van der Waals surface area contributed by atoms with E-state index in [1.807, 2.05) is 11.5 Å². The Balaban J connectivity index is 1.62. The molecule has 0 spiro atoms. The highest BCUT2D eigenvalue weighted by Gasteiger charge is 2.18. The summed E-state index contributed by atoms with van der Waals surface area (Å²) in [6.07, 6.45) is 0. The van der Waals surface area contributed by atoms with Crippen LogP contribution in [-0.4, -0.2) is 29.5 Å². The maximum Gasteiger partial charge on any atom is 0.344 e. The molecule has 0 aliphatic carbocycles. The molecule has 0 unspecified atom stereocenters. The topological polar surface area (TPSA) is 57.5 Å². The minimum atomic E-state index is -0.783. The van der Waals surface area contributed by atoms with Gasteiger partial charge in [-0.1, -0.05) is 12.1 Å². The second-order valence-electron chi connectivity index (χ2n) is 6.40. The number of rotatable bonds is 7. The van der Waals surface area contributed by atoms with E-state index in [1.54, 1.807) is 31.2 Å². The second kappa shape index (κ2) is 8.68. The van der Waals surface area contributed by atoms with Gasteiger partial charge in [-0.15, -0.1) is 0 Å². The SMILES string of the molecule is Cc1cc(C(=O)COC(=O)COc2ccccc2F)c(C)n1-c1ccc(F)cc1. The summed E-state index contributed by atoms with van der Waals surface area (Å²) in [6, 6.07) is 13.3. The number of aryl methyl sites for hydroxylation is 1. The Labute approximate surface area is 166 Å². The summed E-state index contributed by atoms with van der Waals surface area (Å²) in [5, 5.41) is 0. The number of ether oxygens (including phenoxy) is 2. The number of carbonyl (C=O) groups is 2. The molecular formula is C22H19F2NO4. The maximum absolute atomic E-state index is 13.5. The predicted molar refractivity (Wildman–Crippen MR) is 102 cm³/mol. The average molecular weight is 399 g/mol. The van der Waals surface area contributed by atoms with Crippen LogP contribution in [0.25, 0.3) is 5.69 Å². The molecule has 3 rings (SSSR count). The molecule has 1 heterocycles. The summed E-state index contributed by atoms with van der Waals surface area (Å²) in [7, 11) is 0. The molecule has 29 heavy (non-hydrogen) atoms. The fourth-order valence-electron chi connectivity index (χ4n) is 3.00. The highest BCUT2D eigenvalue weighted by molar-refractivity contribution is 5.99. The van der Waals surface area contributed by atoms with Crippen LogP contribution >= 0.6 is 0 Å². The van der Waals surface area contributed by atoms with Crippen LogP contribution in [0.15, 0.2) is 54.6 Å². The van der Waals surface area contributed by atoms with Crippen molar-refractivity contribution in [2.75, 3.05) is 13.2 Å². The lowest BCUT2D eigenvalue weighted by Gasteiger charge is -2.10. The molecule has 0 N–H and O–H groups in total. The molecule has 0 bridgehead atoms. The standard InChI is InChI=1S/C22H19F2NO4/c1-14-11-18(15(2)25(14)17-9-7-16(23)8-10-17)20(26)12-29-22(27)13-28-21-6-4-3-5-19(21)24/h3-11H,12-13H2,1-2H3. The number of hydrogen-bond donors (Lipinski definition) is 0.